The zero-order valence-electron chi connectivity index (χ0n) is 11.7. The van der Waals surface area contributed by atoms with Crippen molar-refractivity contribution in [2.45, 2.75) is 6.04 Å². The minimum absolute atomic E-state index is 0.0143. The first-order valence-electron chi connectivity index (χ1n) is 6.83. The predicted octanol–water partition coefficient (Wildman–Crippen LogP) is 0.227. The van der Waals surface area contributed by atoms with Crippen LogP contribution in [0.1, 0.15) is 22.2 Å². The molecule has 2 N–H and O–H groups in total. The average molecular weight is 287 g/mol. The number of nitrogens with zero attached hydrogens (tertiary/aromatic N) is 3. The lowest BCUT2D eigenvalue weighted by molar-refractivity contribution is 0.0533. The summed E-state index contributed by atoms with van der Waals surface area (Å²) in [5.41, 5.74) is -0.170. The van der Waals surface area contributed by atoms with E-state index in [9.17, 15) is 9.59 Å². The maximum atomic E-state index is 12.5. The smallest absolute Gasteiger partial charge is 0.260 e. The molecule has 0 aromatic carbocycles. The number of carbonyl (C=O) groups is 1. The number of hydrogen-bond acceptors (Lipinski definition) is 4. The molecule has 0 spiro atoms. The number of imidazole rings is 1. The van der Waals surface area contributed by atoms with Crippen molar-refractivity contribution < 1.29 is 4.79 Å². The molecule has 3 rings (SSSR count). The van der Waals surface area contributed by atoms with E-state index in [1.165, 1.54) is 6.20 Å². The average Bonchev–Trinajstić information content (AvgIpc) is 3.01. The molecule has 1 fully saturated rings. The van der Waals surface area contributed by atoms with Gasteiger partial charge in [-0.3, -0.25) is 14.5 Å². The highest BCUT2D eigenvalue weighted by Crippen LogP contribution is 2.21. The van der Waals surface area contributed by atoms with Gasteiger partial charge < -0.3 is 14.9 Å². The lowest BCUT2D eigenvalue weighted by atomic mass is 10.1. The van der Waals surface area contributed by atoms with Gasteiger partial charge in [-0.05, 0) is 19.2 Å². The van der Waals surface area contributed by atoms with E-state index >= 15 is 0 Å². The van der Waals surface area contributed by atoms with Gasteiger partial charge >= 0.3 is 0 Å². The first-order chi connectivity index (χ1) is 10.2. The molecule has 21 heavy (non-hydrogen) atoms. The molecule has 0 radical (unpaired) electrons. The minimum Gasteiger partial charge on any atom is -0.347 e. The molecular formula is C14H17N5O2. The third-order valence-corrected chi connectivity index (χ3v) is 3.82. The Labute approximate surface area is 121 Å². The Morgan fingerprint density at radius 2 is 2.19 bits per heavy atom. The van der Waals surface area contributed by atoms with E-state index in [0.717, 1.165) is 12.4 Å². The quantitative estimate of drug-likeness (QED) is 0.828. The summed E-state index contributed by atoms with van der Waals surface area (Å²) in [6.45, 7) is 1.85. The minimum atomic E-state index is -0.351. The van der Waals surface area contributed by atoms with Gasteiger partial charge in [0.1, 0.15) is 11.4 Å². The van der Waals surface area contributed by atoms with Gasteiger partial charge in [-0.2, -0.15) is 0 Å². The lowest BCUT2D eigenvalue weighted by Crippen LogP contribution is -2.50. The summed E-state index contributed by atoms with van der Waals surface area (Å²) in [6.07, 6.45) is 4.99. The van der Waals surface area contributed by atoms with Crippen molar-refractivity contribution in [3.63, 3.8) is 0 Å². The van der Waals surface area contributed by atoms with Crippen LogP contribution in [0.4, 0.5) is 0 Å². The molecule has 2 aromatic rings. The number of amides is 1. The van der Waals surface area contributed by atoms with E-state index in [1.807, 2.05) is 7.05 Å². The van der Waals surface area contributed by atoms with E-state index in [2.05, 4.69) is 19.9 Å². The maximum absolute atomic E-state index is 12.5. The molecule has 3 heterocycles. The van der Waals surface area contributed by atoms with Crippen LogP contribution >= 0.6 is 0 Å². The molecule has 1 atom stereocenters. The number of nitrogens with one attached hydrogen (secondary N) is 2. The predicted molar refractivity (Wildman–Crippen MR) is 76.9 cm³/mol. The molecule has 1 amide bonds. The van der Waals surface area contributed by atoms with Crippen molar-refractivity contribution in [3.8, 4) is 0 Å². The molecule has 110 valence electrons. The number of hydrogen-bond donors (Lipinski definition) is 2. The van der Waals surface area contributed by atoms with E-state index in [4.69, 9.17) is 0 Å². The third kappa shape index (κ3) is 2.59. The normalized spacial score (nSPS) is 19.7. The second kappa shape index (κ2) is 5.53. The van der Waals surface area contributed by atoms with Crippen LogP contribution in [0, 0.1) is 0 Å². The summed E-state index contributed by atoms with van der Waals surface area (Å²) in [5.74, 6) is 0.596. The van der Waals surface area contributed by atoms with E-state index < -0.39 is 0 Å². The van der Waals surface area contributed by atoms with E-state index in [1.54, 1.807) is 29.4 Å². The lowest BCUT2D eigenvalue weighted by Gasteiger charge is -2.38. The monoisotopic (exact) mass is 287 g/mol. The van der Waals surface area contributed by atoms with Crippen LogP contribution in [0.5, 0.6) is 0 Å². The molecule has 0 unspecified atom stereocenters. The summed E-state index contributed by atoms with van der Waals surface area (Å²) >= 11 is 0. The van der Waals surface area contributed by atoms with Crippen LogP contribution in [-0.4, -0.2) is 57.3 Å². The Morgan fingerprint density at radius 3 is 2.90 bits per heavy atom. The molecule has 1 saturated heterocycles. The molecule has 1 aliphatic heterocycles. The highest BCUT2D eigenvalue weighted by Gasteiger charge is 2.30. The zero-order chi connectivity index (χ0) is 14.8. The fourth-order valence-corrected chi connectivity index (χ4v) is 2.57. The van der Waals surface area contributed by atoms with Crippen LogP contribution < -0.4 is 5.56 Å². The topological polar surface area (TPSA) is 85.1 Å². The highest BCUT2D eigenvalue weighted by atomic mass is 16.2. The standard InChI is InChI=1S/C14H17N5O2/c1-18-7-8-19(9-11(18)12-15-5-6-16-12)14(21)10-3-2-4-17-13(10)20/h2-6,11H,7-9H2,1H3,(H,15,16)(H,17,20)/t11-/m1/s1. The van der Waals surface area contributed by atoms with Gasteiger partial charge in [-0.15, -0.1) is 0 Å². The van der Waals surface area contributed by atoms with Gasteiger partial charge in [-0.25, -0.2) is 4.98 Å². The summed E-state index contributed by atoms with van der Waals surface area (Å²) in [5, 5.41) is 0. The third-order valence-electron chi connectivity index (χ3n) is 3.82. The number of aromatic nitrogens is 3. The van der Waals surface area contributed by atoms with Crippen LogP contribution in [0.25, 0.3) is 0 Å². The summed E-state index contributed by atoms with van der Waals surface area (Å²) in [7, 11) is 2.00. The molecular weight excluding hydrogens is 270 g/mol. The zero-order valence-corrected chi connectivity index (χ0v) is 11.7. The van der Waals surface area contributed by atoms with Gasteiger partial charge in [0.25, 0.3) is 11.5 Å². The number of piperazine rings is 1. The Hall–Kier alpha value is -2.41. The SMILES string of the molecule is CN1CCN(C(=O)c2ccc[nH]c2=O)C[C@@H]1c1ncc[nH]1. The van der Waals surface area contributed by atoms with Crippen LogP contribution in [0.15, 0.2) is 35.5 Å². The molecule has 2 aromatic heterocycles. The number of pyridine rings is 1. The maximum Gasteiger partial charge on any atom is 0.260 e. The number of aromatic amines is 2. The second-order valence-electron chi connectivity index (χ2n) is 5.13. The van der Waals surface area contributed by atoms with Crippen LogP contribution in [0.2, 0.25) is 0 Å². The Morgan fingerprint density at radius 1 is 1.33 bits per heavy atom. The highest BCUT2D eigenvalue weighted by molar-refractivity contribution is 5.93. The van der Waals surface area contributed by atoms with Crippen molar-refractivity contribution in [2.75, 3.05) is 26.7 Å². The first-order valence-corrected chi connectivity index (χ1v) is 6.83. The first kappa shape index (κ1) is 13.6. The fraction of sp³-hybridized carbons (Fsp3) is 0.357. The van der Waals surface area contributed by atoms with Crippen molar-refractivity contribution >= 4 is 5.91 Å². The van der Waals surface area contributed by atoms with E-state index in [0.29, 0.717) is 13.1 Å². The van der Waals surface area contributed by atoms with Gasteiger partial charge in [-0.1, -0.05) is 0 Å². The Kier molecular flexibility index (Phi) is 3.57. The molecule has 0 saturated carbocycles. The van der Waals surface area contributed by atoms with Crippen LogP contribution in [0.3, 0.4) is 0 Å². The van der Waals surface area contributed by atoms with Gasteiger partial charge in [0.15, 0.2) is 0 Å². The summed E-state index contributed by atoms with van der Waals surface area (Å²) < 4.78 is 0. The van der Waals surface area contributed by atoms with E-state index in [-0.39, 0.29) is 23.1 Å². The number of rotatable bonds is 2. The van der Waals surface area contributed by atoms with Gasteiger partial charge in [0.05, 0.1) is 6.04 Å². The molecule has 7 heteroatoms. The molecule has 0 aliphatic carbocycles. The van der Waals surface area contributed by atoms with Gasteiger partial charge in [0, 0.05) is 38.2 Å². The molecule has 7 nitrogen and oxygen atoms in total. The fourth-order valence-electron chi connectivity index (χ4n) is 2.57. The number of likely N-dealkylation sites (N-methyl/N-ethyl adjacent to an activating group) is 1. The van der Waals surface area contributed by atoms with Gasteiger partial charge in [0.2, 0.25) is 0 Å². The molecule has 0 bridgehead atoms. The van der Waals surface area contributed by atoms with Crippen LogP contribution in [-0.2, 0) is 0 Å². The van der Waals surface area contributed by atoms with Crippen molar-refractivity contribution in [3.05, 3.63) is 52.5 Å². The largest absolute Gasteiger partial charge is 0.347 e. The molecule has 1 aliphatic rings. The number of carbonyl (C=O) groups excluding carboxylic acids is 1. The van der Waals surface area contributed by atoms with Crippen molar-refractivity contribution in [1.29, 1.82) is 0 Å². The Balaban J connectivity index is 1.82. The summed E-state index contributed by atoms with van der Waals surface area (Å²) in [6, 6.07) is 3.23. The number of H-pyrrole nitrogens is 2. The second-order valence-corrected chi connectivity index (χ2v) is 5.13. The Bertz CT molecular complexity index is 679. The van der Waals surface area contributed by atoms with Crippen molar-refractivity contribution in [2.24, 2.45) is 0 Å². The summed E-state index contributed by atoms with van der Waals surface area (Å²) in [4.78, 5) is 38.0. The van der Waals surface area contributed by atoms with Crippen molar-refractivity contribution in [1.82, 2.24) is 24.8 Å².